The van der Waals surface area contributed by atoms with Gasteiger partial charge in [-0.3, -0.25) is 4.79 Å². The Balaban J connectivity index is 1.21. The van der Waals surface area contributed by atoms with E-state index in [1.54, 1.807) is 31.2 Å². The van der Waals surface area contributed by atoms with Crippen molar-refractivity contribution in [3.63, 3.8) is 0 Å². The largest absolute Gasteiger partial charge is 0.458 e. The van der Waals surface area contributed by atoms with Crippen molar-refractivity contribution in [2.24, 2.45) is 41.4 Å². The third-order valence-corrected chi connectivity index (χ3v) is 15.4. The number of allylic oxidation sites excluding steroid dienone is 2. The van der Waals surface area contributed by atoms with E-state index in [1.165, 1.54) is 12.2 Å². The number of aliphatic hydroxyl groups excluding tert-OH is 2. The van der Waals surface area contributed by atoms with Crippen LogP contribution in [0.3, 0.4) is 0 Å². The molecule has 18 atom stereocenters. The van der Waals surface area contributed by atoms with Gasteiger partial charge in [-0.05, 0) is 62.9 Å². The first kappa shape index (κ1) is 38.8. The molecule has 56 heavy (non-hydrogen) atoms. The third-order valence-electron chi connectivity index (χ3n) is 15.4. The standard InChI is InChI=1S/C43H56O13/c1-22(2)19-32(46)51-28-13-9-10-14-31(45)52-30-18-17-29-40(30,49)37(47)39(21-44)35(53-39)33-36-42(50,38(5,48)20-25-15-16-27(28)23(25)3)34-24(4)41(29,33)56-43(54-34,55-36)26-11-7-6-8-12-26/h6-14,22-25,27-30,33-37,44,47-50H,15-21H2,1-5H3/b13-9+,14-10-/t23-,24-,25-,27+,28-,29-,30+,33+,34-,35+,36+,37-,38+,39+,40-,41-,42+,43-/m1/s1. The molecule has 10 rings (SSSR count). The van der Waals surface area contributed by atoms with E-state index in [-0.39, 0.29) is 55.3 Å². The van der Waals surface area contributed by atoms with E-state index in [9.17, 15) is 35.1 Å². The van der Waals surface area contributed by atoms with Crippen LogP contribution in [0.15, 0.2) is 54.6 Å². The molecule has 306 valence electrons. The number of hydrogen-bond acceptors (Lipinski definition) is 13. The molecule has 5 aliphatic heterocycles. The summed E-state index contributed by atoms with van der Waals surface area (Å²) in [6.45, 7) is 8.76. The number of epoxide rings is 1. The highest BCUT2D eigenvalue weighted by molar-refractivity contribution is 5.82. The maximum Gasteiger partial charge on any atom is 0.331 e. The summed E-state index contributed by atoms with van der Waals surface area (Å²) < 4.78 is 39.3. The van der Waals surface area contributed by atoms with E-state index in [4.69, 9.17) is 28.4 Å². The first-order valence-electron chi connectivity index (χ1n) is 20.5. The van der Waals surface area contributed by atoms with Crippen LogP contribution in [-0.4, -0.2) is 109 Å². The minimum absolute atomic E-state index is 0.0587. The van der Waals surface area contributed by atoms with Crippen molar-refractivity contribution in [3.8, 4) is 0 Å². The molecule has 13 nitrogen and oxygen atoms in total. The summed E-state index contributed by atoms with van der Waals surface area (Å²) in [6.07, 6.45) is 1.39. The van der Waals surface area contributed by atoms with Crippen molar-refractivity contribution in [2.75, 3.05) is 6.61 Å². The second-order valence-corrected chi connectivity index (χ2v) is 18.7. The van der Waals surface area contributed by atoms with Crippen LogP contribution in [-0.2, 0) is 44.0 Å². The number of hydrogen-bond donors (Lipinski definition) is 5. The van der Waals surface area contributed by atoms with Crippen molar-refractivity contribution in [1.82, 2.24) is 0 Å². The quantitative estimate of drug-likeness (QED) is 0.217. The van der Waals surface area contributed by atoms with Gasteiger partial charge in [0.15, 0.2) is 0 Å². The summed E-state index contributed by atoms with van der Waals surface area (Å²) in [5.41, 5.74) is -8.74. The van der Waals surface area contributed by atoms with E-state index in [0.717, 1.165) is 0 Å². The predicted octanol–water partition coefficient (Wildman–Crippen LogP) is 2.79. The van der Waals surface area contributed by atoms with Crippen molar-refractivity contribution in [3.05, 3.63) is 60.2 Å². The fraction of sp³-hybridized carbons (Fsp3) is 0.721. The third kappa shape index (κ3) is 5.05. The molecule has 4 saturated carbocycles. The molecule has 1 aromatic carbocycles. The number of fused-ring (bicyclic) bond motifs is 3. The number of esters is 2. The van der Waals surface area contributed by atoms with Gasteiger partial charge in [-0.15, -0.1) is 0 Å². The first-order chi connectivity index (χ1) is 26.5. The fourth-order valence-electron chi connectivity index (χ4n) is 12.7. The number of ether oxygens (including phenoxy) is 6. The molecule has 0 aromatic heterocycles. The van der Waals surface area contributed by atoms with Crippen LogP contribution < -0.4 is 0 Å². The zero-order valence-electron chi connectivity index (χ0n) is 32.7. The molecule has 0 unspecified atom stereocenters. The minimum atomic E-state index is -2.18. The average Bonchev–Trinajstić information content (AvgIpc) is 3.66. The summed E-state index contributed by atoms with van der Waals surface area (Å²) in [6, 6.07) is 9.03. The Hall–Kier alpha value is -2.72. The molecule has 13 heteroatoms. The molecule has 0 radical (unpaired) electrons. The lowest BCUT2D eigenvalue weighted by Crippen LogP contribution is -2.89. The second kappa shape index (κ2) is 12.9. The van der Waals surface area contributed by atoms with Gasteiger partial charge in [0.05, 0.1) is 17.8 Å². The van der Waals surface area contributed by atoms with E-state index >= 15 is 0 Å². The number of carbonyl (C=O) groups excluding carboxylic acids is 2. The van der Waals surface area contributed by atoms with E-state index in [0.29, 0.717) is 18.4 Å². The maximum atomic E-state index is 13.5. The average molecular weight is 781 g/mol. The number of aliphatic hydroxyl groups is 5. The molecule has 1 spiro atoms. The molecule has 5 heterocycles. The topological polar surface area (TPSA) is 194 Å². The Kier molecular flexibility index (Phi) is 8.93. The van der Waals surface area contributed by atoms with Crippen molar-refractivity contribution >= 4 is 11.9 Å². The molecule has 8 fully saturated rings. The summed E-state index contributed by atoms with van der Waals surface area (Å²) >= 11 is 0. The molecule has 10 bridgehead atoms. The molecule has 4 saturated heterocycles. The van der Waals surface area contributed by atoms with Gasteiger partial charge in [0.25, 0.3) is 0 Å². The summed E-state index contributed by atoms with van der Waals surface area (Å²) in [5.74, 6) is -5.74. The zero-order valence-corrected chi connectivity index (χ0v) is 32.7. The number of rotatable bonds is 5. The molecule has 0 amide bonds. The minimum Gasteiger partial charge on any atom is -0.458 e. The Morgan fingerprint density at radius 2 is 1.70 bits per heavy atom. The highest BCUT2D eigenvalue weighted by Gasteiger charge is 2.90. The molecule has 9 aliphatic rings. The lowest BCUT2D eigenvalue weighted by molar-refractivity contribution is -0.595. The van der Waals surface area contributed by atoms with Crippen LogP contribution in [0.1, 0.15) is 78.7 Å². The van der Waals surface area contributed by atoms with Gasteiger partial charge >= 0.3 is 17.9 Å². The maximum absolute atomic E-state index is 13.5. The SMILES string of the molecule is CC(C)CC(=O)O[C@@H]1/C=C/C=C\C(=O)O[C@H]2CC[C@@H]3[C@]2(O)[C@H](O)[C@@]2(CO)O[C@H]2[C@H]2[C@@H]4O[C@@]5(c6ccccc6)O[C@H]([C@@H](C)[C@]23O5)[C@@]4(O)[C@@](C)(O)C[C@H]2CC[C@H]1[C@@H]2C. The van der Waals surface area contributed by atoms with Crippen LogP contribution in [0.5, 0.6) is 0 Å². The molecule has 5 N–H and O–H groups in total. The Morgan fingerprint density at radius 1 is 0.964 bits per heavy atom. The van der Waals surface area contributed by atoms with Gasteiger partial charge in [0, 0.05) is 41.7 Å². The van der Waals surface area contributed by atoms with Gasteiger partial charge in [-0.2, -0.15) is 0 Å². The van der Waals surface area contributed by atoms with Crippen LogP contribution in [0.4, 0.5) is 0 Å². The fourth-order valence-corrected chi connectivity index (χ4v) is 12.7. The lowest BCUT2D eigenvalue weighted by atomic mass is 9.49. The second-order valence-electron chi connectivity index (χ2n) is 18.7. The van der Waals surface area contributed by atoms with E-state index in [2.05, 4.69) is 6.92 Å². The van der Waals surface area contributed by atoms with Gasteiger partial charge < -0.3 is 54.0 Å². The summed E-state index contributed by atoms with van der Waals surface area (Å²) in [4.78, 5) is 26.6. The monoisotopic (exact) mass is 780 g/mol. The van der Waals surface area contributed by atoms with Gasteiger partial charge in [-0.1, -0.05) is 70.2 Å². The Bertz CT molecular complexity index is 1800. The van der Waals surface area contributed by atoms with Crippen LogP contribution in [0, 0.1) is 41.4 Å². The normalized spacial score (nSPS) is 53.8. The zero-order chi connectivity index (χ0) is 39.8. The Morgan fingerprint density at radius 3 is 2.41 bits per heavy atom. The molecule has 4 aliphatic carbocycles. The van der Waals surface area contributed by atoms with Crippen LogP contribution in [0.2, 0.25) is 0 Å². The Labute approximate surface area is 326 Å². The highest BCUT2D eigenvalue weighted by atomic mass is 16.9. The molecular formula is C43H56O13. The molecular weight excluding hydrogens is 724 g/mol. The van der Waals surface area contributed by atoms with Crippen LogP contribution in [0.25, 0.3) is 0 Å². The van der Waals surface area contributed by atoms with Crippen molar-refractivity contribution in [1.29, 1.82) is 0 Å². The smallest absolute Gasteiger partial charge is 0.331 e. The van der Waals surface area contributed by atoms with E-state index < -0.39 is 101 Å². The van der Waals surface area contributed by atoms with E-state index in [1.807, 2.05) is 39.0 Å². The van der Waals surface area contributed by atoms with Gasteiger partial charge in [0.2, 0.25) is 0 Å². The van der Waals surface area contributed by atoms with Crippen molar-refractivity contribution in [2.45, 2.75) is 144 Å². The predicted molar refractivity (Wildman–Crippen MR) is 196 cm³/mol. The van der Waals surface area contributed by atoms with Crippen molar-refractivity contribution < 1.29 is 63.5 Å². The number of benzene rings is 1. The number of carbonyl (C=O) groups is 2. The lowest BCUT2D eigenvalue weighted by Gasteiger charge is -2.74. The first-order valence-corrected chi connectivity index (χ1v) is 20.5. The van der Waals surface area contributed by atoms with Crippen LogP contribution >= 0.6 is 0 Å². The highest BCUT2D eigenvalue weighted by Crippen LogP contribution is 2.74. The van der Waals surface area contributed by atoms with Gasteiger partial charge in [-0.25, -0.2) is 4.79 Å². The van der Waals surface area contributed by atoms with Gasteiger partial charge in [0.1, 0.15) is 53.4 Å². The summed E-state index contributed by atoms with van der Waals surface area (Å²) in [7, 11) is 0. The summed E-state index contributed by atoms with van der Waals surface area (Å²) in [5, 5.41) is 62.8. The molecule has 1 aromatic rings.